The van der Waals surface area contributed by atoms with Crippen LogP contribution in [0.4, 0.5) is 5.69 Å². The fourth-order valence-electron chi connectivity index (χ4n) is 4.34. The fourth-order valence-corrected chi connectivity index (χ4v) is 4.34. The molecule has 0 saturated carbocycles. The van der Waals surface area contributed by atoms with Gasteiger partial charge in [-0.2, -0.15) is 0 Å². The number of amides is 2. The monoisotopic (exact) mass is 413 g/mol. The van der Waals surface area contributed by atoms with Crippen LogP contribution in [0.15, 0.2) is 36.4 Å². The highest BCUT2D eigenvalue weighted by molar-refractivity contribution is 6.23. The molecule has 156 valence electrons. The molecule has 4 atom stereocenters. The average Bonchev–Trinajstić information content (AvgIpc) is 3.32. The number of ketones is 1. The predicted octanol–water partition coefficient (Wildman–Crippen LogP) is 1.15. The van der Waals surface area contributed by atoms with Gasteiger partial charge in [0, 0.05) is 19.4 Å². The summed E-state index contributed by atoms with van der Waals surface area (Å²) >= 11 is 0. The smallest absolute Gasteiger partial charge is 0.305 e. The maximum absolute atomic E-state index is 13.4. The number of benzene rings is 1. The summed E-state index contributed by atoms with van der Waals surface area (Å²) in [6.45, 7) is 3.66. The van der Waals surface area contributed by atoms with Crippen LogP contribution in [0.3, 0.4) is 0 Å². The first-order chi connectivity index (χ1) is 14.2. The number of Topliss-reactive ketones (excluding diaryl/α,β-unsaturated/α-hetero) is 1. The van der Waals surface area contributed by atoms with Crippen LogP contribution in [0.25, 0.3) is 0 Å². The lowest BCUT2D eigenvalue weighted by Gasteiger charge is -2.34. The third-order valence-corrected chi connectivity index (χ3v) is 5.50. The van der Waals surface area contributed by atoms with Crippen molar-refractivity contribution in [1.82, 2.24) is 0 Å². The molecule has 3 heterocycles. The Balaban J connectivity index is 1.75. The topological polar surface area (TPSA) is 116 Å². The van der Waals surface area contributed by atoms with E-state index in [4.69, 9.17) is 14.2 Å². The van der Waals surface area contributed by atoms with Gasteiger partial charge in [-0.1, -0.05) is 18.2 Å². The zero-order chi connectivity index (χ0) is 21.8. The second kappa shape index (κ2) is 6.88. The van der Waals surface area contributed by atoms with Crippen molar-refractivity contribution in [2.45, 2.75) is 38.8 Å². The summed E-state index contributed by atoms with van der Waals surface area (Å²) in [5.41, 5.74) is -0.986. The predicted molar refractivity (Wildman–Crippen MR) is 100.0 cm³/mol. The number of esters is 2. The van der Waals surface area contributed by atoms with E-state index in [2.05, 4.69) is 0 Å². The maximum atomic E-state index is 13.4. The van der Waals surface area contributed by atoms with E-state index in [9.17, 15) is 24.0 Å². The second-order valence-corrected chi connectivity index (χ2v) is 7.47. The van der Waals surface area contributed by atoms with Crippen molar-refractivity contribution < 1.29 is 38.2 Å². The van der Waals surface area contributed by atoms with Crippen LogP contribution in [-0.2, 0) is 33.4 Å². The van der Waals surface area contributed by atoms with E-state index in [1.807, 2.05) is 0 Å². The van der Waals surface area contributed by atoms with Crippen molar-refractivity contribution in [3.8, 4) is 0 Å². The average molecular weight is 413 g/mol. The van der Waals surface area contributed by atoms with Crippen LogP contribution in [0.2, 0.25) is 0 Å². The number of rotatable bonds is 5. The van der Waals surface area contributed by atoms with Gasteiger partial charge in [0.15, 0.2) is 11.4 Å². The molecule has 9 heteroatoms. The first-order valence-electron chi connectivity index (χ1n) is 9.36. The molecule has 0 unspecified atom stereocenters. The number of imide groups is 1. The van der Waals surface area contributed by atoms with Gasteiger partial charge in [0.1, 0.15) is 0 Å². The zero-order valence-corrected chi connectivity index (χ0v) is 16.5. The molecular weight excluding hydrogens is 394 g/mol. The third-order valence-electron chi connectivity index (χ3n) is 5.50. The Morgan fingerprint density at radius 3 is 2.33 bits per heavy atom. The summed E-state index contributed by atoms with van der Waals surface area (Å²) in [5.74, 6) is -4.66. The Morgan fingerprint density at radius 2 is 1.73 bits per heavy atom. The van der Waals surface area contributed by atoms with Crippen molar-refractivity contribution in [3.05, 3.63) is 42.0 Å². The molecule has 2 saturated heterocycles. The largest absolute Gasteiger partial charge is 0.422 e. The first-order valence-corrected chi connectivity index (χ1v) is 9.36. The normalized spacial score (nSPS) is 28.8. The van der Waals surface area contributed by atoms with Crippen LogP contribution < -0.4 is 4.90 Å². The van der Waals surface area contributed by atoms with E-state index in [1.165, 1.54) is 19.1 Å². The Morgan fingerprint density at radius 1 is 1.07 bits per heavy atom. The number of nitrogens with zero attached hydrogens (tertiary/aromatic N) is 1. The molecule has 9 nitrogen and oxygen atoms in total. The van der Waals surface area contributed by atoms with E-state index in [1.54, 1.807) is 24.3 Å². The molecule has 30 heavy (non-hydrogen) atoms. The third kappa shape index (κ3) is 2.85. The number of carbonyl (C=O) groups is 5. The number of carbonyl (C=O) groups excluding carboxylic acids is 5. The molecule has 0 spiro atoms. The van der Waals surface area contributed by atoms with Crippen LogP contribution in [-0.4, -0.2) is 47.5 Å². The van der Waals surface area contributed by atoms with Gasteiger partial charge in [0.25, 0.3) is 6.29 Å². The van der Waals surface area contributed by atoms with Crippen molar-refractivity contribution in [3.63, 3.8) is 0 Å². The van der Waals surface area contributed by atoms with Crippen LogP contribution in [0.1, 0.15) is 31.1 Å². The van der Waals surface area contributed by atoms with E-state index in [-0.39, 0.29) is 11.5 Å². The van der Waals surface area contributed by atoms with Gasteiger partial charge in [-0.15, -0.1) is 0 Å². The standard InChI is InChI=1S/C21H19NO8/c1-10(23)13-5-4-6-14(9-13)22-18(26)16-15-7-8-21(30-15,17(16)19(22)27)20(28-11(2)24)29-12(3)25/h4-9,15-17,20H,1-3H3/t15-,16-,17+,21-/m0/s1. The molecule has 3 aliphatic heterocycles. The van der Waals surface area contributed by atoms with Crippen LogP contribution >= 0.6 is 0 Å². The Kier molecular flexibility index (Phi) is 4.58. The van der Waals surface area contributed by atoms with E-state index < -0.39 is 53.6 Å². The molecule has 0 radical (unpaired) electrons. The molecule has 0 aliphatic carbocycles. The van der Waals surface area contributed by atoms with Gasteiger partial charge in [-0.05, 0) is 25.1 Å². The molecule has 4 rings (SSSR count). The lowest BCUT2D eigenvalue weighted by molar-refractivity contribution is -0.226. The summed E-state index contributed by atoms with van der Waals surface area (Å²) in [6.07, 6.45) is 0.850. The number of hydrogen-bond acceptors (Lipinski definition) is 8. The lowest BCUT2D eigenvalue weighted by atomic mass is 9.76. The van der Waals surface area contributed by atoms with Crippen molar-refractivity contribution >= 4 is 35.2 Å². The van der Waals surface area contributed by atoms with Gasteiger partial charge < -0.3 is 14.2 Å². The summed E-state index contributed by atoms with van der Waals surface area (Å²) < 4.78 is 16.2. The van der Waals surface area contributed by atoms with Crippen molar-refractivity contribution in [2.75, 3.05) is 4.90 Å². The molecule has 1 aromatic rings. The van der Waals surface area contributed by atoms with Crippen molar-refractivity contribution in [1.29, 1.82) is 0 Å². The first kappa shape index (κ1) is 20.0. The van der Waals surface area contributed by atoms with E-state index >= 15 is 0 Å². The van der Waals surface area contributed by atoms with Crippen molar-refractivity contribution in [2.24, 2.45) is 11.8 Å². The molecule has 0 N–H and O–H groups in total. The molecule has 2 fully saturated rings. The molecule has 2 amide bonds. The highest BCUT2D eigenvalue weighted by Crippen LogP contribution is 2.54. The van der Waals surface area contributed by atoms with Gasteiger partial charge in [-0.25, -0.2) is 4.90 Å². The zero-order valence-electron chi connectivity index (χ0n) is 16.5. The minimum absolute atomic E-state index is 0.206. The molecular formula is C21H19NO8. The minimum Gasteiger partial charge on any atom is -0.422 e. The van der Waals surface area contributed by atoms with Gasteiger partial charge in [0.05, 0.1) is 23.6 Å². The Hall–Kier alpha value is -3.33. The highest BCUT2D eigenvalue weighted by Gasteiger charge is 2.72. The number of anilines is 1. The summed E-state index contributed by atoms with van der Waals surface area (Å²) in [5, 5.41) is 0. The quantitative estimate of drug-likeness (QED) is 0.232. The number of hydrogen-bond donors (Lipinski definition) is 0. The fraction of sp³-hybridized carbons (Fsp3) is 0.381. The van der Waals surface area contributed by atoms with Crippen LogP contribution in [0, 0.1) is 11.8 Å². The highest BCUT2D eigenvalue weighted by atomic mass is 16.7. The molecule has 2 bridgehead atoms. The SMILES string of the molecule is CC(=O)OC(OC(C)=O)[C@@]12C=C[C@H](O1)[C@@H]1C(=O)N(c3cccc(C(C)=O)c3)C(=O)[C@@H]12. The minimum atomic E-state index is -1.60. The molecule has 3 aliphatic rings. The summed E-state index contributed by atoms with van der Waals surface area (Å²) in [4.78, 5) is 62.5. The van der Waals surface area contributed by atoms with E-state index in [0.29, 0.717) is 5.56 Å². The van der Waals surface area contributed by atoms with E-state index in [0.717, 1.165) is 18.7 Å². The second-order valence-electron chi connectivity index (χ2n) is 7.47. The van der Waals surface area contributed by atoms with Gasteiger partial charge in [-0.3, -0.25) is 24.0 Å². The Labute approximate surface area is 171 Å². The van der Waals surface area contributed by atoms with Gasteiger partial charge in [0.2, 0.25) is 11.8 Å². The molecule has 0 aromatic heterocycles. The molecule has 1 aromatic carbocycles. The lowest BCUT2D eigenvalue weighted by Crippen LogP contribution is -2.52. The van der Waals surface area contributed by atoms with Crippen LogP contribution in [0.5, 0.6) is 0 Å². The number of fused-ring (bicyclic) bond motifs is 5. The number of ether oxygens (including phenoxy) is 3. The Bertz CT molecular complexity index is 998. The maximum Gasteiger partial charge on any atom is 0.305 e. The summed E-state index contributed by atoms with van der Waals surface area (Å²) in [6, 6.07) is 6.20. The van der Waals surface area contributed by atoms with Gasteiger partial charge >= 0.3 is 11.9 Å². The summed E-state index contributed by atoms with van der Waals surface area (Å²) in [7, 11) is 0.